The van der Waals surface area contributed by atoms with Crippen LogP contribution in [0.5, 0.6) is 0 Å². The summed E-state index contributed by atoms with van der Waals surface area (Å²) in [6.07, 6.45) is 3.49. The zero-order valence-electron chi connectivity index (χ0n) is 10.9. The van der Waals surface area contributed by atoms with E-state index in [9.17, 15) is 4.39 Å². The Bertz CT molecular complexity index is 546. The number of aryl methyl sites for hydroxylation is 1. The molecular formula is C14H18FN3. The highest BCUT2D eigenvalue weighted by Crippen LogP contribution is 2.23. The highest BCUT2D eigenvalue weighted by Gasteiger charge is 2.14. The van der Waals surface area contributed by atoms with E-state index < -0.39 is 0 Å². The van der Waals surface area contributed by atoms with Crippen LogP contribution in [-0.2, 0) is 0 Å². The average molecular weight is 247 g/mol. The molecule has 0 amide bonds. The van der Waals surface area contributed by atoms with Crippen molar-refractivity contribution in [3.63, 3.8) is 0 Å². The molecule has 0 fully saturated rings. The van der Waals surface area contributed by atoms with Crippen LogP contribution in [0.1, 0.15) is 42.8 Å². The van der Waals surface area contributed by atoms with Crippen LogP contribution in [0.2, 0.25) is 0 Å². The maximum Gasteiger partial charge on any atom is 0.126 e. The van der Waals surface area contributed by atoms with E-state index in [0.29, 0.717) is 5.56 Å². The van der Waals surface area contributed by atoms with E-state index in [0.717, 1.165) is 11.3 Å². The second-order valence-electron chi connectivity index (χ2n) is 4.70. The number of imidazole rings is 1. The van der Waals surface area contributed by atoms with Gasteiger partial charge in [0.25, 0.3) is 0 Å². The van der Waals surface area contributed by atoms with Crippen LogP contribution in [0.4, 0.5) is 4.39 Å². The monoisotopic (exact) mass is 247 g/mol. The van der Waals surface area contributed by atoms with Crippen molar-refractivity contribution in [1.82, 2.24) is 9.55 Å². The normalized spacial score (nSPS) is 14.5. The molecule has 2 N–H and O–H groups in total. The van der Waals surface area contributed by atoms with Gasteiger partial charge in [0.1, 0.15) is 5.82 Å². The van der Waals surface area contributed by atoms with Crippen LogP contribution in [0.15, 0.2) is 30.7 Å². The molecule has 0 saturated heterocycles. The summed E-state index contributed by atoms with van der Waals surface area (Å²) < 4.78 is 15.6. The minimum Gasteiger partial charge on any atom is -0.326 e. The van der Waals surface area contributed by atoms with Gasteiger partial charge in [-0.3, -0.25) is 0 Å². The molecule has 2 aromatic rings. The molecule has 1 heterocycles. The Morgan fingerprint density at radius 1 is 1.33 bits per heavy atom. The van der Waals surface area contributed by atoms with Gasteiger partial charge in [0.05, 0.1) is 18.1 Å². The number of benzene rings is 1. The number of aromatic nitrogens is 2. The van der Waals surface area contributed by atoms with Crippen molar-refractivity contribution in [2.75, 3.05) is 0 Å². The molecule has 2 atom stereocenters. The molecule has 2 rings (SSSR count). The summed E-state index contributed by atoms with van der Waals surface area (Å²) in [5.41, 5.74) is 8.41. The Balaban J connectivity index is 2.38. The third kappa shape index (κ3) is 2.29. The van der Waals surface area contributed by atoms with Gasteiger partial charge in [0.15, 0.2) is 0 Å². The highest BCUT2D eigenvalue weighted by atomic mass is 19.1. The van der Waals surface area contributed by atoms with Crippen molar-refractivity contribution < 1.29 is 4.39 Å². The van der Waals surface area contributed by atoms with Gasteiger partial charge in [-0.15, -0.1) is 0 Å². The van der Waals surface area contributed by atoms with Gasteiger partial charge in [-0.25, -0.2) is 9.37 Å². The van der Waals surface area contributed by atoms with Crippen LogP contribution in [0.3, 0.4) is 0 Å². The van der Waals surface area contributed by atoms with Crippen molar-refractivity contribution in [3.8, 4) is 0 Å². The van der Waals surface area contributed by atoms with Crippen molar-refractivity contribution >= 4 is 0 Å². The Hall–Kier alpha value is -1.68. The highest BCUT2D eigenvalue weighted by molar-refractivity contribution is 5.26. The van der Waals surface area contributed by atoms with Crippen LogP contribution in [-0.4, -0.2) is 9.55 Å². The lowest BCUT2D eigenvalue weighted by atomic mass is 10.1. The number of hydrogen-bond donors (Lipinski definition) is 1. The van der Waals surface area contributed by atoms with Gasteiger partial charge < -0.3 is 10.3 Å². The minimum atomic E-state index is -0.179. The third-order valence-electron chi connectivity index (χ3n) is 3.26. The summed E-state index contributed by atoms with van der Waals surface area (Å²) in [7, 11) is 0. The maximum atomic E-state index is 13.6. The first-order valence-electron chi connectivity index (χ1n) is 6.04. The Morgan fingerprint density at radius 2 is 2.06 bits per heavy atom. The number of nitrogens with two attached hydrogens (primary N) is 1. The van der Waals surface area contributed by atoms with Crippen LogP contribution >= 0.6 is 0 Å². The summed E-state index contributed by atoms with van der Waals surface area (Å²) >= 11 is 0. The molecule has 96 valence electrons. The summed E-state index contributed by atoms with van der Waals surface area (Å²) in [6.45, 7) is 5.68. The number of rotatable bonds is 3. The SMILES string of the molecule is Cc1ccc(C(C)n2cncc2[C@@H](C)N)cc1F. The summed E-state index contributed by atoms with van der Waals surface area (Å²) in [6, 6.07) is 5.23. The van der Waals surface area contributed by atoms with Gasteiger partial charge in [0, 0.05) is 12.2 Å². The summed E-state index contributed by atoms with van der Waals surface area (Å²) in [4.78, 5) is 4.12. The first kappa shape index (κ1) is 12.8. The fourth-order valence-electron chi connectivity index (χ4n) is 2.02. The average Bonchev–Trinajstić information content (AvgIpc) is 2.81. The summed E-state index contributed by atoms with van der Waals surface area (Å²) in [5, 5.41) is 0. The van der Waals surface area contributed by atoms with Gasteiger partial charge in [-0.2, -0.15) is 0 Å². The smallest absolute Gasteiger partial charge is 0.126 e. The molecule has 0 aliphatic rings. The Kier molecular flexibility index (Phi) is 3.48. The first-order chi connectivity index (χ1) is 8.50. The molecule has 1 aromatic heterocycles. The zero-order chi connectivity index (χ0) is 13.3. The van der Waals surface area contributed by atoms with Gasteiger partial charge in [-0.05, 0) is 38.0 Å². The standard InChI is InChI=1S/C14H18FN3/c1-9-4-5-12(6-13(9)15)11(3)18-8-17-7-14(18)10(2)16/h4-8,10-11H,16H2,1-3H3/t10-,11?/m1/s1. The largest absolute Gasteiger partial charge is 0.326 e. The summed E-state index contributed by atoms with van der Waals surface area (Å²) in [5.74, 6) is -0.179. The number of halogens is 1. The van der Waals surface area contributed by atoms with Gasteiger partial charge in [0.2, 0.25) is 0 Å². The van der Waals surface area contributed by atoms with Gasteiger partial charge in [-0.1, -0.05) is 12.1 Å². The first-order valence-corrected chi connectivity index (χ1v) is 6.04. The number of hydrogen-bond acceptors (Lipinski definition) is 2. The maximum absolute atomic E-state index is 13.6. The van der Waals surface area contributed by atoms with Crippen LogP contribution < -0.4 is 5.73 Å². The molecular weight excluding hydrogens is 229 g/mol. The predicted octanol–water partition coefficient (Wildman–Crippen LogP) is 2.96. The second-order valence-corrected chi connectivity index (χ2v) is 4.70. The molecule has 18 heavy (non-hydrogen) atoms. The van der Waals surface area contributed by atoms with Crippen molar-refractivity contribution in [2.24, 2.45) is 5.73 Å². The zero-order valence-corrected chi connectivity index (χ0v) is 10.9. The van der Waals surface area contributed by atoms with E-state index in [1.165, 1.54) is 0 Å². The molecule has 0 spiro atoms. The lowest BCUT2D eigenvalue weighted by molar-refractivity contribution is 0.570. The van der Waals surface area contributed by atoms with Crippen molar-refractivity contribution in [2.45, 2.75) is 32.9 Å². The molecule has 4 heteroatoms. The molecule has 0 aliphatic heterocycles. The fraction of sp³-hybridized carbons (Fsp3) is 0.357. The predicted molar refractivity (Wildman–Crippen MR) is 69.8 cm³/mol. The Labute approximate surface area is 106 Å². The Morgan fingerprint density at radius 3 is 2.67 bits per heavy atom. The van der Waals surface area contributed by atoms with Crippen LogP contribution in [0, 0.1) is 12.7 Å². The topological polar surface area (TPSA) is 43.8 Å². The lowest BCUT2D eigenvalue weighted by Gasteiger charge is -2.19. The quantitative estimate of drug-likeness (QED) is 0.906. The third-order valence-corrected chi connectivity index (χ3v) is 3.26. The van der Waals surface area contributed by atoms with E-state index >= 15 is 0 Å². The van der Waals surface area contributed by atoms with Crippen molar-refractivity contribution in [3.05, 3.63) is 53.4 Å². The van der Waals surface area contributed by atoms with Gasteiger partial charge >= 0.3 is 0 Å². The van der Waals surface area contributed by atoms with E-state index in [4.69, 9.17) is 5.73 Å². The molecule has 0 saturated carbocycles. The molecule has 3 nitrogen and oxygen atoms in total. The molecule has 1 unspecified atom stereocenters. The van der Waals surface area contributed by atoms with E-state index in [1.54, 1.807) is 31.6 Å². The molecule has 0 aliphatic carbocycles. The second kappa shape index (κ2) is 4.90. The molecule has 1 aromatic carbocycles. The number of nitrogens with zero attached hydrogens (tertiary/aromatic N) is 2. The molecule has 0 radical (unpaired) electrons. The van der Waals surface area contributed by atoms with Crippen molar-refractivity contribution in [1.29, 1.82) is 0 Å². The van der Waals surface area contributed by atoms with E-state index in [-0.39, 0.29) is 17.9 Å². The van der Waals surface area contributed by atoms with Crippen LogP contribution in [0.25, 0.3) is 0 Å². The fourth-order valence-corrected chi connectivity index (χ4v) is 2.02. The van der Waals surface area contributed by atoms with E-state index in [2.05, 4.69) is 4.98 Å². The van der Waals surface area contributed by atoms with E-state index in [1.807, 2.05) is 24.5 Å². The minimum absolute atomic E-state index is 0.0172. The lowest BCUT2D eigenvalue weighted by Crippen LogP contribution is -2.15. The molecule has 0 bridgehead atoms.